The average molecular weight is 281 g/mol. The predicted octanol–water partition coefficient (Wildman–Crippen LogP) is 3.55. The summed E-state index contributed by atoms with van der Waals surface area (Å²) in [5.41, 5.74) is 1.25. The third-order valence-electron chi connectivity index (χ3n) is 3.87. The summed E-state index contributed by atoms with van der Waals surface area (Å²) in [7, 11) is 0. The van der Waals surface area contributed by atoms with E-state index in [0.717, 1.165) is 24.0 Å². The van der Waals surface area contributed by atoms with Crippen LogP contribution in [-0.2, 0) is 6.54 Å². The summed E-state index contributed by atoms with van der Waals surface area (Å²) in [6.07, 6.45) is 2.59. The van der Waals surface area contributed by atoms with E-state index in [-0.39, 0.29) is 0 Å². The average Bonchev–Trinajstić information content (AvgIpc) is 2.40. The minimum Gasteiger partial charge on any atom is -0.314 e. The number of halogens is 1. The largest absolute Gasteiger partial charge is 0.314 e. The van der Waals surface area contributed by atoms with Crippen LogP contribution in [0.5, 0.6) is 0 Å². The number of hydrogen-bond donors (Lipinski definition) is 1. The maximum atomic E-state index is 6.22. The highest BCUT2D eigenvalue weighted by Crippen LogP contribution is 2.21. The topological polar surface area (TPSA) is 15.3 Å². The van der Waals surface area contributed by atoms with Crippen molar-refractivity contribution in [2.24, 2.45) is 5.92 Å². The molecule has 0 saturated carbocycles. The standard InChI is InChI=1S/C16H25ClN2/c1-13(2)18-11-14-7-9-19(10-8-14)12-15-5-3-4-6-16(15)17/h3-6,13-14,18H,7-12H2,1-2H3. The number of rotatable bonds is 5. The van der Waals surface area contributed by atoms with Crippen LogP contribution in [0.15, 0.2) is 24.3 Å². The Labute approximate surface area is 122 Å². The molecule has 1 N–H and O–H groups in total. The number of nitrogens with one attached hydrogen (secondary N) is 1. The second-order valence-corrected chi connectivity index (χ2v) is 6.28. The fourth-order valence-electron chi connectivity index (χ4n) is 2.62. The highest BCUT2D eigenvalue weighted by atomic mass is 35.5. The van der Waals surface area contributed by atoms with Crippen molar-refractivity contribution < 1.29 is 0 Å². The molecule has 1 heterocycles. The molecule has 1 aliphatic heterocycles. The Hall–Kier alpha value is -0.570. The number of nitrogens with zero attached hydrogens (tertiary/aromatic N) is 1. The van der Waals surface area contributed by atoms with E-state index >= 15 is 0 Å². The van der Waals surface area contributed by atoms with Gasteiger partial charge in [-0.3, -0.25) is 4.90 Å². The van der Waals surface area contributed by atoms with E-state index in [1.54, 1.807) is 0 Å². The van der Waals surface area contributed by atoms with Gasteiger partial charge >= 0.3 is 0 Å². The van der Waals surface area contributed by atoms with Crippen molar-refractivity contribution in [1.29, 1.82) is 0 Å². The van der Waals surface area contributed by atoms with Crippen LogP contribution in [0.1, 0.15) is 32.3 Å². The van der Waals surface area contributed by atoms with Gasteiger partial charge in [0.2, 0.25) is 0 Å². The van der Waals surface area contributed by atoms with Crippen molar-refractivity contribution in [2.45, 2.75) is 39.3 Å². The maximum absolute atomic E-state index is 6.22. The molecular formula is C16H25ClN2. The molecule has 106 valence electrons. The highest BCUT2D eigenvalue weighted by molar-refractivity contribution is 6.31. The molecule has 1 saturated heterocycles. The van der Waals surface area contributed by atoms with E-state index in [1.807, 2.05) is 12.1 Å². The molecule has 0 amide bonds. The number of hydrogen-bond acceptors (Lipinski definition) is 2. The molecule has 0 aromatic heterocycles. The lowest BCUT2D eigenvalue weighted by Crippen LogP contribution is -2.38. The summed E-state index contributed by atoms with van der Waals surface area (Å²) in [5, 5.41) is 4.44. The summed E-state index contributed by atoms with van der Waals surface area (Å²) in [6, 6.07) is 8.78. The smallest absolute Gasteiger partial charge is 0.0451 e. The molecule has 2 rings (SSSR count). The zero-order chi connectivity index (χ0) is 13.7. The molecule has 19 heavy (non-hydrogen) atoms. The van der Waals surface area contributed by atoms with Crippen LogP contribution in [0.4, 0.5) is 0 Å². The first-order chi connectivity index (χ1) is 9.15. The van der Waals surface area contributed by atoms with Crippen molar-refractivity contribution in [3.05, 3.63) is 34.9 Å². The Kier molecular flexibility index (Phi) is 5.68. The van der Waals surface area contributed by atoms with Crippen molar-refractivity contribution in [2.75, 3.05) is 19.6 Å². The van der Waals surface area contributed by atoms with Gasteiger partial charge in [-0.2, -0.15) is 0 Å². The quantitative estimate of drug-likeness (QED) is 0.887. The van der Waals surface area contributed by atoms with Gasteiger partial charge < -0.3 is 5.32 Å². The molecule has 0 radical (unpaired) electrons. The van der Waals surface area contributed by atoms with Gasteiger partial charge in [0.15, 0.2) is 0 Å². The number of benzene rings is 1. The maximum Gasteiger partial charge on any atom is 0.0451 e. The SMILES string of the molecule is CC(C)NCC1CCN(Cc2ccccc2Cl)CC1. The van der Waals surface area contributed by atoms with Crippen molar-refractivity contribution in [3.63, 3.8) is 0 Å². The molecule has 1 aliphatic rings. The van der Waals surface area contributed by atoms with E-state index in [0.29, 0.717) is 6.04 Å². The van der Waals surface area contributed by atoms with Crippen LogP contribution in [-0.4, -0.2) is 30.6 Å². The summed E-state index contributed by atoms with van der Waals surface area (Å²) in [5.74, 6) is 0.838. The fourth-order valence-corrected chi connectivity index (χ4v) is 2.81. The van der Waals surface area contributed by atoms with Crippen LogP contribution in [0.2, 0.25) is 5.02 Å². The van der Waals surface area contributed by atoms with Crippen LogP contribution < -0.4 is 5.32 Å². The van der Waals surface area contributed by atoms with Crippen LogP contribution in [0, 0.1) is 5.92 Å². The third-order valence-corrected chi connectivity index (χ3v) is 4.24. The van der Waals surface area contributed by atoms with Crippen molar-refractivity contribution >= 4 is 11.6 Å². The molecule has 1 fully saturated rings. The first-order valence-corrected chi connectivity index (χ1v) is 7.72. The molecule has 0 bridgehead atoms. The second-order valence-electron chi connectivity index (χ2n) is 5.87. The molecule has 0 unspecified atom stereocenters. The molecule has 1 aromatic rings. The molecule has 0 atom stereocenters. The summed E-state index contributed by atoms with van der Waals surface area (Å²) in [4.78, 5) is 2.52. The van der Waals surface area contributed by atoms with E-state index in [1.165, 1.54) is 31.5 Å². The predicted molar refractivity (Wildman–Crippen MR) is 82.6 cm³/mol. The molecule has 3 heteroatoms. The van der Waals surface area contributed by atoms with Gasteiger partial charge in [-0.1, -0.05) is 43.6 Å². The van der Waals surface area contributed by atoms with Gasteiger partial charge in [-0.15, -0.1) is 0 Å². The monoisotopic (exact) mass is 280 g/mol. The molecule has 1 aromatic carbocycles. The van der Waals surface area contributed by atoms with E-state index in [9.17, 15) is 0 Å². The van der Waals surface area contributed by atoms with E-state index in [4.69, 9.17) is 11.6 Å². The van der Waals surface area contributed by atoms with Crippen LogP contribution in [0.3, 0.4) is 0 Å². The van der Waals surface area contributed by atoms with Gasteiger partial charge in [-0.05, 0) is 50.0 Å². The molecular weight excluding hydrogens is 256 g/mol. The molecule has 2 nitrogen and oxygen atoms in total. The van der Waals surface area contributed by atoms with Crippen molar-refractivity contribution in [1.82, 2.24) is 10.2 Å². The van der Waals surface area contributed by atoms with Gasteiger partial charge in [0.25, 0.3) is 0 Å². The minimum absolute atomic E-state index is 0.598. The van der Waals surface area contributed by atoms with Gasteiger partial charge in [0.1, 0.15) is 0 Å². The van der Waals surface area contributed by atoms with E-state index in [2.05, 4.69) is 36.2 Å². The Morgan fingerprint density at radius 1 is 1.26 bits per heavy atom. The van der Waals surface area contributed by atoms with Gasteiger partial charge in [0, 0.05) is 17.6 Å². The number of likely N-dealkylation sites (tertiary alicyclic amines) is 1. The third kappa shape index (κ3) is 4.79. The highest BCUT2D eigenvalue weighted by Gasteiger charge is 2.19. The fraction of sp³-hybridized carbons (Fsp3) is 0.625. The lowest BCUT2D eigenvalue weighted by Gasteiger charge is -2.32. The summed E-state index contributed by atoms with van der Waals surface area (Å²) >= 11 is 6.22. The first kappa shape index (κ1) is 14.8. The zero-order valence-electron chi connectivity index (χ0n) is 12.0. The summed E-state index contributed by atoms with van der Waals surface area (Å²) < 4.78 is 0. The lowest BCUT2D eigenvalue weighted by molar-refractivity contribution is 0.174. The zero-order valence-corrected chi connectivity index (χ0v) is 12.8. The van der Waals surface area contributed by atoms with Gasteiger partial charge in [-0.25, -0.2) is 0 Å². The van der Waals surface area contributed by atoms with Gasteiger partial charge in [0.05, 0.1) is 0 Å². The molecule has 0 spiro atoms. The molecule has 0 aliphatic carbocycles. The van der Waals surface area contributed by atoms with Crippen LogP contribution >= 0.6 is 11.6 Å². The first-order valence-electron chi connectivity index (χ1n) is 7.34. The Morgan fingerprint density at radius 3 is 2.58 bits per heavy atom. The number of piperidine rings is 1. The lowest BCUT2D eigenvalue weighted by atomic mass is 9.96. The second kappa shape index (κ2) is 7.28. The summed E-state index contributed by atoms with van der Waals surface area (Å²) in [6.45, 7) is 8.96. The Balaban J connectivity index is 1.76. The Morgan fingerprint density at radius 2 is 1.95 bits per heavy atom. The van der Waals surface area contributed by atoms with Crippen LogP contribution in [0.25, 0.3) is 0 Å². The normalized spacial score (nSPS) is 18.1. The minimum atomic E-state index is 0.598. The Bertz CT molecular complexity index is 384. The van der Waals surface area contributed by atoms with Crippen molar-refractivity contribution in [3.8, 4) is 0 Å². The van der Waals surface area contributed by atoms with E-state index < -0.39 is 0 Å².